The first-order valence-electron chi connectivity index (χ1n) is 6.50. The van der Waals surface area contributed by atoms with E-state index in [0.717, 1.165) is 12.3 Å². The molecule has 6 heteroatoms. The van der Waals surface area contributed by atoms with Gasteiger partial charge in [-0.05, 0) is 30.4 Å². The number of halogens is 1. The highest BCUT2D eigenvalue weighted by Gasteiger charge is 2.16. The van der Waals surface area contributed by atoms with Gasteiger partial charge in [0.2, 0.25) is 5.95 Å². The number of carbonyl (C=O) groups is 2. The minimum absolute atomic E-state index is 0.0140. The fraction of sp³-hybridized carbons (Fsp3) is 0.500. The lowest BCUT2D eigenvalue weighted by molar-refractivity contribution is -0.138. The van der Waals surface area contributed by atoms with Crippen LogP contribution in [0.3, 0.4) is 0 Å². The van der Waals surface area contributed by atoms with Gasteiger partial charge in [0.15, 0.2) is 0 Å². The summed E-state index contributed by atoms with van der Waals surface area (Å²) in [4.78, 5) is 26.0. The number of rotatable bonds is 7. The first-order valence-corrected chi connectivity index (χ1v) is 6.50. The molecule has 0 saturated heterocycles. The van der Waals surface area contributed by atoms with Gasteiger partial charge in [0, 0.05) is 19.2 Å². The molecule has 0 spiro atoms. The Labute approximate surface area is 117 Å². The Morgan fingerprint density at radius 2 is 2.10 bits per heavy atom. The van der Waals surface area contributed by atoms with E-state index < -0.39 is 11.9 Å². The Hall–Kier alpha value is -1.98. The highest BCUT2D eigenvalue weighted by Crippen LogP contribution is 2.15. The summed E-state index contributed by atoms with van der Waals surface area (Å²) >= 11 is 0. The van der Waals surface area contributed by atoms with Crippen molar-refractivity contribution in [2.75, 3.05) is 6.54 Å². The molecule has 0 unspecified atom stereocenters. The van der Waals surface area contributed by atoms with E-state index in [0.29, 0.717) is 12.3 Å². The normalized spacial score (nSPS) is 12.2. The highest BCUT2D eigenvalue weighted by atomic mass is 19.1. The molecule has 1 aromatic rings. The van der Waals surface area contributed by atoms with E-state index in [9.17, 15) is 14.0 Å². The Balaban J connectivity index is 2.55. The number of carbonyl (C=O) groups excluding carboxylic acids is 1. The van der Waals surface area contributed by atoms with Gasteiger partial charge in [-0.15, -0.1) is 0 Å². The smallest absolute Gasteiger partial charge is 0.303 e. The second-order valence-electron chi connectivity index (χ2n) is 5.17. The first-order chi connectivity index (χ1) is 9.38. The minimum atomic E-state index is -0.881. The van der Waals surface area contributed by atoms with Crippen LogP contribution in [-0.4, -0.2) is 28.5 Å². The first kappa shape index (κ1) is 16.1. The second-order valence-corrected chi connectivity index (χ2v) is 5.17. The van der Waals surface area contributed by atoms with Crippen LogP contribution in [0.1, 0.15) is 37.0 Å². The molecule has 0 saturated carbocycles. The molecule has 5 nitrogen and oxygen atoms in total. The number of nitrogens with zero attached hydrogens (tertiary/aromatic N) is 1. The Morgan fingerprint density at radius 1 is 1.40 bits per heavy atom. The zero-order valence-electron chi connectivity index (χ0n) is 11.6. The molecule has 110 valence electrons. The molecular formula is C14H19FN2O3. The van der Waals surface area contributed by atoms with Crippen molar-refractivity contribution in [3.8, 4) is 0 Å². The topological polar surface area (TPSA) is 79.3 Å². The maximum Gasteiger partial charge on any atom is 0.303 e. The number of aromatic nitrogens is 1. The maximum atomic E-state index is 12.6. The summed E-state index contributed by atoms with van der Waals surface area (Å²) in [6.07, 6.45) is 1.88. The van der Waals surface area contributed by atoms with E-state index in [2.05, 4.69) is 10.3 Å². The van der Waals surface area contributed by atoms with Crippen LogP contribution in [0.2, 0.25) is 0 Å². The van der Waals surface area contributed by atoms with Crippen molar-refractivity contribution >= 4 is 11.9 Å². The van der Waals surface area contributed by atoms with E-state index in [1.165, 1.54) is 6.07 Å². The van der Waals surface area contributed by atoms with Crippen LogP contribution in [0, 0.1) is 17.8 Å². The summed E-state index contributed by atoms with van der Waals surface area (Å²) in [6.45, 7) is 4.28. The third-order valence-electron chi connectivity index (χ3n) is 2.81. The molecule has 0 aliphatic rings. The summed E-state index contributed by atoms with van der Waals surface area (Å²) in [5.41, 5.74) is 0.255. The van der Waals surface area contributed by atoms with Gasteiger partial charge in [-0.1, -0.05) is 13.8 Å². The van der Waals surface area contributed by atoms with Gasteiger partial charge >= 0.3 is 5.97 Å². The minimum Gasteiger partial charge on any atom is -0.481 e. The van der Waals surface area contributed by atoms with Crippen LogP contribution >= 0.6 is 0 Å². The van der Waals surface area contributed by atoms with Crippen molar-refractivity contribution in [2.24, 2.45) is 11.8 Å². The van der Waals surface area contributed by atoms with Gasteiger partial charge in [-0.25, -0.2) is 4.98 Å². The average Bonchev–Trinajstić information content (AvgIpc) is 2.35. The summed E-state index contributed by atoms with van der Waals surface area (Å²) < 4.78 is 12.6. The third kappa shape index (κ3) is 5.77. The van der Waals surface area contributed by atoms with Crippen molar-refractivity contribution in [3.05, 3.63) is 29.8 Å². The molecule has 0 radical (unpaired) electrons. The van der Waals surface area contributed by atoms with Gasteiger partial charge < -0.3 is 10.4 Å². The second kappa shape index (κ2) is 7.57. The molecule has 1 amide bonds. The predicted molar refractivity (Wildman–Crippen MR) is 71.7 cm³/mol. The molecule has 0 aliphatic carbocycles. The van der Waals surface area contributed by atoms with Crippen molar-refractivity contribution in [1.82, 2.24) is 10.3 Å². The molecule has 20 heavy (non-hydrogen) atoms. The van der Waals surface area contributed by atoms with E-state index in [4.69, 9.17) is 5.11 Å². The Morgan fingerprint density at radius 3 is 2.60 bits per heavy atom. The van der Waals surface area contributed by atoms with Gasteiger partial charge in [0.25, 0.3) is 5.91 Å². The molecule has 1 heterocycles. The van der Waals surface area contributed by atoms with E-state index in [1.807, 2.05) is 13.8 Å². The molecule has 0 fully saturated rings. The van der Waals surface area contributed by atoms with E-state index in [1.54, 1.807) is 0 Å². The molecule has 1 atom stereocenters. The van der Waals surface area contributed by atoms with Crippen LogP contribution in [0.4, 0.5) is 4.39 Å². The molecule has 1 rings (SSSR count). The highest BCUT2D eigenvalue weighted by molar-refractivity contribution is 5.93. The predicted octanol–water partition coefficient (Wildman–Crippen LogP) is 2.09. The summed E-state index contributed by atoms with van der Waals surface area (Å²) in [7, 11) is 0. The lowest BCUT2D eigenvalue weighted by atomic mass is 9.94. The monoisotopic (exact) mass is 282 g/mol. The van der Waals surface area contributed by atoms with Gasteiger partial charge in [0.05, 0.1) is 5.56 Å². The standard InChI is InChI=1S/C14H19FN2O3/c1-9(2)5-10(6-13(18)19)7-17-14(20)11-3-4-12(15)16-8-11/h3-4,8-10H,5-7H2,1-2H3,(H,17,20)(H,18,19)/t10-/m0/s1. The number of nitrogens with one attached hydrogen (secondary N) is 1. The van der Waals surface area contributed by atoms with Crippen LogP contribution in [0.15, 0.2) is 18.3 Å². The molecule has 0 aromatic carbocycles. The lowest BCUT2D eigenvalue weighted by Gasteiger charge is -2.17. The van der Waals surface area contributed by atoms with Gasteiger partial charge in [0.1, 0.15) is 0 Å². The van der Waals surface area contributed by atoms with Crippen molar-refractivity contribution < 1.29 is 19.1 Å². The molecule has 0 aliphatic heterocycles. The molecule has 1 aromatic heterocycles. The quantitative estimate of drug-likeness (QED) is 0.750. The number of pyridine rings is 1. The zero-order chi connectivity index (χ0) is 15.1. The lowest BCUT2D eigenvalue weighted by Crippen LogP contribution is -2.31. The van der Waals surface area contributed by atoms with Crippen LogP contribution in [0.25, 0.3) is 0 Å². The van der Waals surface area contributed by atoms with Gasteiger partial charge in [-0.2, -0.15) is 4.39 Å². The number of amides is 1. The van der Waals surface area contributed by atoms with Crippen molar-refractivity contribution in [1.29, 1.82) is 0 Å². The summed E-state index contributed by atoms with van der Waals surface area (Å²) in [6, 6.07) is 2.45. The number of hydrogen-bond donors (Lipinski definition) is 2. The van der Waals surface area contributed by atoms with Crippen LogP contribution in [-0.2, 0) is 4.79 Å². The summed E-state index contributed by atoms with van der Waals surface area (Å²) in [5, 5.41) is 11.5. The zero-order valence-corrected chi connectivity index (χ0v) is 11.6. The number of carboxylic acid groups (broad SMARTS) is 1. The summed E-state index contributed by atoms with van der Waals surface area (Å²) in [5.74, 6) is -1.68. The number of hydrogen-bond acceptors (Lipinski definition) is 3. The fourth-order valence-electron chi connectivity index (χ4n) is 2.00. The Bertz CT molecular complexity index is 460. The van der Waals surface area contributed by atoms with E-state index >= 15 is 0 Å². The Kier molecular flexibility index (Phi) is 6.09. The van der Waals surface area contributed by atoms with Gasteiger partial charge in [-0.3, -0.25) is 9.59 Å². The maximum absolute atomic E-state index is 12.6. The average molecular weight is 282 g/mol. The van der Waals surface area contributed by atoms with Crippen LogP contribution in [0.5, 0.6) is 0 Å². The fourth-order valence-corrected chi connectivity index (χ4v) is 2.00. The number of carboxylic acids is 1. The largest absolute Gasteiger partial charge is 0.481 e. The third-order valence-corrected chi connectivity index (χ3v) is 2.81. The molecular weight excluding hydrogens is 263 g/mol. The SMILES string of the molecule is CC(C)C[C@H](CNC(=O)c1ccc(F)nc1)CC(=O)O. The van der Waals surface area contributed by atoms with Crippen molar-refractivity contribution in [2.45, 2.75) is 26.7 Å². The molecule has 0 bridgehead atoms. The molecule has 2 N–H and O–H groups in total. The van der Waals surface area contributed by atoms with Crippen LogP contribution < -0.4 is 5.32 Å². The number of aliphatic carboxylic acids is 1. The van der Waals surface area contributed by atoms with E-state index in [-0.39, 0.29) is 30.4 Å². The van der Waals surface area contributed by atoms with Crippen molar-refractivity contribution in [3.63, 3.8) is 0 Å².